The first-order valence-corrected chi connectivity index (χ1v) is 5.67. The van der Waals surface area contributed by atoms with E-state index in [0.717, 1.165) is 39.3 Å². The van der Waals surface area contributed by atoms with Crippen molar-refractivity contribution in [2.45, 2.75) is 13.3 Å². The third kappa shape index (κ3) is 3.33. The van der Waals surface area contributed by atoms with Gasteiger partial charge in [-0.05, 0) is 18.9 Å². The average Bonchev–Trinajstić information content (AvgIpc) is 2.46. The van der Waals surface area contributed by atoms with E-state index in [1.807, 2.05) is 0 Å². The molecule has 1 aliphatic heterocycles. The molecular formula is C13H19NO. The van der Waals surface area contributed by atoms with Crippen molar-refractivity contribution in [2.75, 3.05) is 32.8 Å². The molecule has 0 atom stereocenters. The molecule has 0 radical (unpaired) electrons. The van der Waals surface area contributed by atoms with Crippen LogP contribution in [0, 0.1) is 0 Å². The molecule has 0 spiro atoms. The molecule has 0 N–H and O–H groups in total. The first-order chi connectivity index (χ1) is 7.34. The number of morpholine rings is 1. The van der Waals surface area contributed by atoms with Crippen molar-refractivity contribution in [2.24, 2.45) is 0 Å². The molecule has 1 fully saturated rings. The van der Waals surface area contributed by atoms with Crippen LogP contribution in [-0.4, -0.2) is 37.7 Å². The minimum Gasteiger partial charge on any atom is -0.379 e. The molecular weight excluding hydrogens is 186 g/mol. The predicted molar refractivity (Wildman–Crippen MR) is 62.9 cm³/mol. The van der Waals surface area contributed by atoms with Crippen LogP contribution >= 0.6 is 0 Å². The van der Waals surface area contributed by atoms with Crippen molar-refractivity contribution in [3.8, 4) is 0 Å². The minimum atomic E-state index is 0.883. The van der Waals surface area contributed by atoms with Crippen molar-refractivity contribution in [1.29, 1.82) is 0 Å². The Morgan fingerprint density at radius 1 is 1.33 bits per heavy atom. The average molecular weight is 205 g/mol. The molecule has 1 saturated heterocycles. The summed E-state index contributed by atoms with van der Waals surface area (Å²) in [6, 6.07) is 0. The molecule has 0 aromatic carbocycles. The van der Waals surface area contributed by atoms with Crippen LogP contribution in [0.5, 0.6) is 0 Å². The van der Waals surface area contributed by atoms with Gasteiger partial charge in [0.05, 0.1) is 13.2 Å². The van der Waals surface area contributed by atoms with E-state index in [9.17, 15) is 0 Å². The zero-order chi connectivity index (χ0) is 10.5. The largest absolute Gasteiger partial charge is 0.379 e. The van der Waals surface area contributed by atoms with Crippen LogP contribution in [0.15, 0.2) is 35.5 Å². The highest BCUT2D eigenvalue weighted by Crippen LogP contribution is 2.12. The van der Waals surface area contributed by atoms with Crippen molar-refractivity contribution in [3.05, 3.63) is 35.5 Å². The molecule has 0 saturated carbocycles. The molecule has 0 unspecified atom stereocenters. The summed E-state index contributed by atoms with van der Waals surface area (Å²) in [6.07, 6.45) is 10.0. The van der Waals surface area contributed by atoms with Gasteiger partial charge in [-0.25, -0.2) is 0 Å². The van der Waals surface area contributed by atoms with Gasteiger partial charge in [-0.1, -0.05) is 29.9 Å². The fourth-order valence-corrected chi connectivity index (χ4v) is 1.90. The first kappa shape index (κ1) is 10.7. The lowest BCUT2D eigenvalue weighted by molar-refractivity contribution is 0.0426. The second kappa shape index (κ2) is 5.29. The van der Waals surface area contributed by atoms with Gasteiger partial charge in [0.2, 0.25) is 0 Å². The second-order valence-corrected chi connectivity index (χ2v) is 4.24. The summed E-state index contributed by atoms with van der Waals surface area (Å²) < 4.78 is 5.34. The molecule has 2 aliphatic rings. The van der Waals surface area contributed by atoms with Gasteiger partial charge in [-0.3, -0.25) is 4.90 Å². The Kier molecular flexibility index (Phi) is 3.75. The summed E-state index contributed by atoms with van der Waals surface area (Å²) in [5.41, 5.74) is 2.87. The number of hydrogen-bond donors (Lipinski definition) is 0. The van der Waals surface area contributed by atoms with Gasteiger partial charge < -0.3 is 4.74 Å². The van der Waals surface area contributed by atoms with Crippen LogP contribution in [-0.2, 0) is 4.74 Å². The first-order valence-electron chi connectivity index (χ1n) is 5.67. The van der Waals surface area contributed by atoms with E-state index in [-0.39, 0.29) is 0 Å². The Labute approximate surface area is 91.9 Å². The van der Waals surface area contributed by atoms with E-state index in [0.29, 0.717) is 0 Å². The Morgan fingerprint density at radius 3 is 2.93 bits per heavy atom. The molecule has 2 nitrogen and oxygen atoms in total. The highest BCUT2D eigenvalue weighted by atomic mass is 16.5. The fraction of sp³-hybridized carbons (Fsp3) is 0.538. The monoisotopic (exact) mass is 205 g/mol. The summed E-state index contributed by atoms with van der Waals surface area (Å²) in [5, 5.41) is 0. The van der Waals surface area contributed by atoms with Crippen LogP contribution in [0.25, 0.3) is 0 Å². The second-order valence-electron chi connectivity index (χ2n) is 4.24. The van der Waals surface area contributed by atoms with Crippen molar-refractivity contribution in [1.82, 2.24) is 4.90 Å². The van der Waals surface area contributed by atoms with Gasteiger partial charge in [0.25, 0.3) is 0 Å². The summed E-state index contributed by atoms with van der Waals surface area (Å²) in [4.78, 5) is 2.46. The summed E-state index contributed by atoms with van der Waals surface area (Å²) in [7, 11) is 0. The lowest BCUT2D eigenvalue weighted by atomic mass is 10.1. The molecule has 1 aliphatic carbocycles. The van der Waals surface area contributed by atoms with E-state index in [2.05, 4.69) is 36.1 Å². The molecule has 2 heteroatoms. The molecule has 0 aromatic rings. The highest BCUT2D eigenvalue weighted by Gasteiger charge is 2.10. The quantitative estimate of drug-likeness (QED) is 0.685. The number of rotatable bonds is 2. The normalized spacial score (nSPS) is 23.3. The number of nitrogens with zero attached hydrogens (tertiary/aromatic N) is 1. The van der Waals surface area contributed by atoms with Gasteiger partial charge in [0.15, 0.2) is 0 Å². The molecule has 15 heavy (non-hydrogen) atoms. The van der Waals surface area contributed by atoms with E-state index in [4.69, 9.17) is 4.74 Å². The van der Waals surface area contributed by atoms with E-state index < -0.39 is 0 Å². The Bertz CT molecular complexity index is 296. The molecule has 0 bridgehead atoms. The van der Waals surface area contributed by atoms with Gasteiger partial charge in [-0.2, -0.15) is 0 Å². The predicted octanol–water partition coefficient (Wildman–Crippen LogP) is 2.15. The Hall–Kier alpha value is -0.860. The highest BCUT2D eigenvalue weighted by molar-refractivity contribution is 5.30. The summed E-state index contributed by atoms with van der Waals surface area (Å²) in [6.45, 7) is 7.15. The van der Waals surface area contributed by atoms with Crippen molar-refractivity contribution >= 4 is 0 Å². The van der Waals surface area contributed by atoms with Crippen LogP contribution in [0.2, 0.25) is 0 Å². The number of allylic oxidation sites excluding steroid dienone is 4. The Balaban J connectivity index is 1.89. The third-order valence-corrected chi connectivity index (χ3v) is 2.89. The molecule has 82 valence electrons. The van der Waals surface area contributed by atoms with E-state index >= 15 is 0 Å². The van der Waals surface area contributed by atoms with Gasteiger partial charge >= 0.3 is 0 Å². The van der Waals surface area contributed by atoms with E-state index in [1.54, 1.807) is 0 Å². The van der Waals surface area contributed by atoms with Gasteiger partial charge in [-0.15, -0.1) is 0 Å². The zero-order valence-corrected chi connectivity index (χ0v) is 9.41. The third-order valence-electron chi connectivity index (χ3n) is 2.89. The summed E-state index contributed by atoms with van der Waals surface area (Å²) in [5.74, 6) is 0. The molecule has 2 rings (SSSR count). The number of hydrogen-bond acceptors (Lipinski definition) is 2. The maximum absolute atomic E-state index is 5.34. The minimum absolute atomic E-state index is 0.883. The standard InChI is InChI=1S/C13H19NO/c1-12-3-2-4-13(6-5-12)11-14-7-9-15-10-8-14/h2-4,6H,5,7-11H2,1H3. The molecule has 0 amide bonds. The van der Waals surface area contributed by atoms with Gasteiger partial charge in [0, 0.05) is 19.6 Å². The lowest BCUT2D eigenvalue weighted by Gasteiger charge is -2.26. The summed E-state index contributed by atoms with van der Waals surface area (Å²) >= 11 is 0. The Morgan fingerprint density at radius 2 is 2.13 bits per heavy atom. The van der Waals surface area contributed by atoms with E-state index in [1.165, 1.54) is 11.1 Å². The fourth-order valence-electron chi connectivity index (χ4n) is 1.90. The SMILES string of the molecule is CC1=CC=CC(CN2CCOCC2)=CC1. The molecule has 0 aromatic heterocycles. The van der Waals surface area contributed by atoms with Crippen LogP contribution < -0.4 is 0 Å². The van der Waals surface area contributed by atoms with Crippen molar-refractivity contribution in [3.63, 3.8) is 0 Å². The lowest BCUT2D eigenvalue weighted by Crippen LogP contribution is -2.37. The number of ether oxygens (including phenoxy) is 1. The smallest absolute Gasteiger partial charge is 0.0594 e. The van der Waals surface area contributed by atoms with Crippen molar-refractivity contribution < 1.29 is 4.74 Å². The van der Waals surface area contributed by atoms with Crippen LogP contribution in [0.3, 0.4) is 0 Å². The van der Waals surface area contributed by atoms with Crippen LogP contribution in [0.4, 0.5) is 0 Å². The van der Waals surface area contributed by atoms with Crippen LogP contribution in [0.1, 0.15) is 13.3 Å². The topological polar surface area (TPSA) is 12.5 Å². The van der Waals surface area contributed by atoms with Gasteiger partial charge in [0.1, 0.15) is 0 Å². The molecule has 1 heterocycles. The zero-order valence-electron chi connectivity index (χ0n) is 9.41. The maximum Gasteiger partial charge on any atom is 0.0594 e. The maximum atomic E-state index is 5.34.